The van der Waals surface area contributed by atoms with Crippen LogP contribution >= 0.6 is 0 Å². The van der Waals surface area contributed by atoms with Crippen molar-refractivity contribution >= 4 is 5.96 Å². The topological polar surface area (TPSA) is 51.1 Å². The molecule has 0 aromatic heterocycles. The van der Waals surface area contributed by atoms with Crippen LogP contribution in [-0.4, -0.2) is 72.3 Å². The van der Waals surface area contributed by atoms with Crippen molar-refractivity contribution in [3.05, 3.63) is 12.2 Å². The molecule has 5 nitrogen and oxygen atoms in total. The van der Waals surface area contributed by atoms with Crippen LogP contribution in [0.25, 0.3) is 0 Å². The van der Waals surface area contributed by atoms with E-state index in [2.05, 4.69) is 32.3 Å². The molecule has 2 fully saturated rings. The maximum absolute atomic E-state index is 10.5. The van der Waals surface area contributed by atoms with Gasteiger partial charge in [0, 0.05) is 45.8 Å². The third-order valence-corrected chi connectivity index (χ3v) is 5.15. The second-order valence-electron chi connectivity index (χ2n) is 6.65. The van der Waals surface area contributed by atoms with Crippen molar-refractivity contribution in [3.63, 3.8) is 0 Å². The molecule has 21 heavy (non-hydrogen) atoms. The molecule has 0 radical (unpaired) electrons. The molecule has 1 saturated heterocycles. The first-order valence-corrected chi connectivity index (χ1v) is 8.27. The van der Waals surface area contributed by atoms with Gasteiger partial charge in [-0.25, -0.2) is 0 Å². The molecule has 0 aromatic carbocycles. The first-order chi connectivity index (χ1) is 10.2. The van der Waals surface area contributed by atoms with E-state index in [-0.39, 0.29) is 0 Å². The van der Waals surface area contributed by atoms with Gasteiger partial charge in [0.25, 0.3) is 0 Å². The number of rotatable bonds is 3. The minimum atomic E-state index is -0.520. The summed E-state index contributed by atoms with van der Waals surface area (Å²) in [5, 5.41) is 13.8. The van der Waals surface area contributed by atoms with E-state index < -0.39 is 5.60 Å². The Bertz CT molecular complexity index is 407. The zero-order chi connectivity index (χ0) is 14.7. The molecule has 1 saturated carbocycles. The lowest BCUT2D eigenvalue weighted by Gasteiger charge is -2.28. The lowest BCUT2D eigenvalue weighted by atomic mass is 10.0. The quantitative estimate of drug-likeness (QED) is 0.459. The molecule has 1 unspecified atom stereocenters. The maximum atomic E-state index is 10.5. The first-order valence-electron chi connectivity index (χ1n) is 8.27. The fraction of sp³-hybridized carbons (Fsp3) is 0.812. The maximum Gasteiger partial charge on any atom is 0.193 e. The van der Waals surface area contributed by atoms with Crippen molar-refractivity contribution in [2.45, 2.75) is 43.7 Å². The van der Waals surface area contributed by atoms with Gasteiger partial charge < -0.3 is 15.3 Å². The third-order valence-electron chi connectivity index (χ3n) is 5.15. The van der Waals surface area contributed by atoms with Gasteiger partial charge in [-0.2, -0.15) is 0 Å². The lowest BCUT2D eigenvalue weighted by Crippen LogP contribution is -2.48. The smallest absolute Gasteiger partial charge is 0.193 e. The number of hydrogen-bond donors (Lipinski definition) is 2. The van der Waals surface area contributed by atoms with Crippen molar-refractivity contribution in [1.29, 1.82) is 0 Å². The number of likely N-dealkylation sites (tertiary alicyclic amines) is 1. The highest BCUT2D eigenvalue weighted by molar-refractivity contribution is 5.80. The van der Waals surface area contributed by atoms with E-state index in [1.807, 2.05) is 7.05 Å². The summed E-state index contributed by atoms with van der Waals surface area (Å²) < 4.78 is 0. The number of aliphatic hydroxyl groups is 1. The van der Waals surface area contributed by atoms with Crippen LogP contribution in [-0.2, 0) is 0 Å². The Labute approximate surface area is 127 Å². The minimum absolute atomic E-state index is 0.520. The summed E-state index contributed by atoms with van der Waals surface area (Å²) in [6, 6.07) is 0.633. The van der Waals surface area contributed by atoms with Crippen LogP contribution < -0.4 is 5.32 Å². The van der Waals surface area contributed by atoms with Crippen LogP contribution in [0.4, 0.5) is 0 Å². The van der Waals surface area contributed by atoms with E-state index >= 15 is 0 Å². The molecular weight excluding hydrogens is 264 g/mol. The number of guanidine groups is 1. The standard InChI is InChI=1S/C16H28N4O/c1-17-15(18-13-16(21)7-2-3-8-16)20-11-6-14(12-20)19-9-4-5-10-19/h4-5,14,21H,2-3,6-13H2,1H3,(H,17,18). The number of nitrogens with zero attached hydrogens (tertiary/aromatic N) is 3. The molecule has 2 aliphatic heterocycles. The summed E-state index contributed by atoms with van der Waals surface area (Å²) in [7, 11) is 1.84. The Hall–Kier alpha value is -1.07. The molecular formula is C16H28N4O. The number of hydrogen-bond acceptors (Lipinski definition) is 3. The summed E-state index contributed by atoms with van der Waals surface area (Å²) in [4.78, 5) is 9.27. The van der Waals surface area contributed by atoms with Crippen LogP contribution in [0.3, 0.4) is 0 Å². The molecule has 0 aromatic rings. The summed E-state index contributed by atoms with van der Waals surface area (Å²) >= 11 is 0. The van der Waals surface area contributed by atoms with Crippen molar-refractivity contribution in [2.75, 3.05) is 39.8 Å². The number of nitrogens with one attached hydrogen (secondary N) is 1. The Morgan fingerprint density at radius 2 is 2.05 bits per heavy atom. The fourth-order valence-electron chi connectivity index (χ4n) is 3.81. The molecule has 2 heterocycles. The van der Waals surface area contributed by atoms with Gasteiger partial charge in [0.2, 0.25) is 0 Å². The van der Waals surface area contributed by atoms with E-state index in [1.165, 1.54) is 6.42 Å². The van der Waals surface area contributed by atoms with E-state index in [1.54, 1.807) is 0 Å². The van der Waals surface area contributed by atoms with Gasteiger partial charge in [-0.3, -0.25) is 9.89 Å². The van der Waals surface area contributed by atoms with Gasteiger partial charge in [-0.15, -0.1) is 0 Å². The summed E-state index contributed by atoms with van der Waals surface area (Å²) in [6.45, 7) is 4.90. The minimum Gasteiger partial charge on any atom is -0.388 e. The highest BCUT2D eigenvalue weighted by atomic mass is 16.3. The van der Waals surface area contributed by atoms with Gasteiger partial charge in [0.1, 0.15) is 0 Å². The Kier molecular flexibility index (Phi) is 4.50. The molecule has 2 N–H and O–H groups in total. The molecule has 0 bridgehead atoms. The molecule has 3 rings (SSSR count). The highest BCUT2D eigenvalue weighted by Crippen LogP contribution is 2.28. The van der Waals surface area contributed by atoms with Gasteiger partial charge in [-0.1, -0.05) is 25.0 Å². The highest BCUT2D eigenvalue weighted by Gasteiger charge is 2.33. The first kappa shape index (κ1) is 14.9. The zero-order valence-electron chi connectivity index (χ0n) is 13.1. The summed E-state index contributed by atoms with van der Waals surface area (Å²) in [6.07, 6.45) is 9.83. The van der Waals surface area contributed by atoms with Crippen molar-refractivity contribution in [3.8, 4) is 0 Å². The fourth-order valence-corrected chi connectivity index (χ4v) is 3.81. The van der Waals surface area contributed by atoms with Gasteiger partial charge >= 0.3 is 0 Å². The van der Waals surface area contributed by atoms with Crippen LogP contribution in [0, 0.1) is 0 Å². The average molecular weight is 292 g/mol. The summed E-state index contributed by atoms with van der Waals surface area (Å²) in [5.41, 5.74) is -0.520. The third kappa shape index (κ3) is 3.40. The molecule has 3 aliphatic rings. The lowest BCUT2D eigenvalue weighted by molar-refractivity contribution is 0.0516. The van der Waals surface area contributed by atoms with Gasteiger partial charge in [0.15, 0.2) is 5.96 Å². The summed E-state index contributed by atoms with van der Waals surface area (Å²) in [5.74, 6) is 0.949. The SMILES string of the molecule is CN=C(NCC1(O)CCCC1)N1CCC(N2CC=CC2)C1. The molecule has 5 heteroatoms. The Balaban J connectivity index is 1.50. The normalized spacial score (nSPS) is 29.5. The van der Waals surface area contributed by atoms with Crippen molar-refractivity contribution < 1.29 is 5.11 Å². The molecule has 1 atom stereocenters. The second-order valence-corrected chi connectivity index (χ2v) is 6.65. The van der Waals surface area contributed by atoms with Gasteiger partial charge in [-0.05, 0) is 19.3 Å². The van der Waals surface area contributed by atoms with Crippen molar-refractivity contribution in [2.24, 2.45) is 4.99 Å². The molecule has 0 amide bonds. The monoisotopic (exact) mass is 292 g/mol. The molecule has 0 spiro atoms. The van der Waals surface area contributed by atoms with Crippen LogP contribution in [0.5, 0.6) is 0 Å². The second kappa shape index (κ2) is 6.36. The predicted molar refractivity (Wildman–Crippen MR) is 85.5 cm³/mol. The molecule has 118 valence electrons. The van der Waals surface area contributed by atoms with Crippen LogP contribution in [0.2, 0.25) is 0 Å². The largest absolute Gasteiger partial charge is 0.388 e. The van der Waals surface area contributed by atoms with Crippen LogP contribution in [0.1, 0.15) is 32.1 Å². The van der Waals surface area contributed by atoms with E-state index in [9.17, 15) is 5.11 Å². The van der Waals surface area contributed by atoms with E-state index in [4.69, 9.17) is 0 Å². The number of aliphatic imine (C=N–C) groups is 1. The Morgan fingerprint density at radius 1 is 1.33 bits per heavy atom. The van der Waals surface area contributed by atoms with Gasteiger partial charge in [0.05, 0.1) is 5.60 Å². The Morgan fingerprint density at radius 3 is 2.71 bits per heavy atom. The van der Waals surface area contributed by atoms with E-state index in [0.29, 0.717) is 12.6 Å². The average Bonchev–Trinajstić information content (AvgIpc) is 3.20. The molecule has 1 aliphatic carbocycles. The van der Waals surface area contributed by atoms with E-state index in [0.717, 1.165) is 57.8 Å². The predicted octanol–water partition coefficient (Wildman–Crippen LogP) is 0.813. The zero-order valence-corrected chi connectivity index (χ0v) is 13.1. The van der Waals surface area contributed by atoms with Crippen molar-refractivity contribution in [1.82, 2.24) is 15.1 Å². The van der Waals surface area contributed by atoms with Crippen LogP contribution in [0.15, 0.2) is 17.1 Å².